The molecule has 32 nitrogen and oxygen atoms in total. The molecule has 0 aromatic carbocycles. The van der Waals surface area contributed by atoms with Crippen molar-refractivity contribution in [3.63, 3.8) is 0 Å². The minimum Gasteiger partial charge on any atom is -0.386 e. The summed E-state index contributed by atoms with van der Waals surface area (Å²) in [6, 6.07) is -1.31. The van der Waals surface area contributed by atoms with Crippen LogP contribution in [0, 0.1) is 0 Å². The highest BCUT2D eigenvalue weighted by Gasteiger charge is 2.54. The van der Waals surface area contributed by atoms with Gasteiger partial charge in [0.2, 0.25) is 23.7 Å². The van der Waals surface area contributed by atoms with E-state index < -0.39 is 105 Å². The first kappa shape index (κ1) is 55.1. The van der Waals surface area contributed by atoms with Crippen molar-refractivity contribution < 1.29 is 80.3 Å². The Balaban J connectivity index is 0.827. The molecule has 74 heavy (non-hydrogen) atoms. The fraction of sp³-hybridized carbons (Fsp3) is 0.579. The lowest BCUT2D eigenvalue weighted by atomic mass is 10.1. The first-order chi connectivity index (χ1) is 35.4. The molecule has 3 saturated heterocycles. The van der Waals surface area contributed by atoms with Gasteiger partial charge in [-0.15, -0.1) is 0 Å². The maximum Gasteiger partial charge on any atom is 0.386 e. The molecule has 36 heteroatoms. The highest BCUT2D eigenvalue weighted by atomic mass is 32.7. The van der Waals surface area contributed by atoms with Gasteiger partial charge in [0.15, 0.2) is 34.8 Å². The summed E-state index contributed by atoms with van der Waals surface area (Å²) in [5.41, 5.74) is 9.84. The van der Waals surface area contributed by atoms with Crippen LogP contribution >= 0.6 is 25.8 Å². The summed E-state index contributed by atoms with van der Waals surface area (Å²) >= 11 is 9.58. The largest absolute Gasteiger partial charge is 0.386 e. The summed E-state index contributed by atoms with van der Waals surface area (Å²) in [5.74, 6) is -2.36. The van der Waals surface area contributed by atoms with Gasteiger partial charge < -0.3 is 65.0 Å². The van der Waals surface area contributed by atoms with Crippen LogP contribution in [-0.4, -0.2) is 193 Å². The van der Waals surface area contributed by atoms with Gasteiger partial charge in [-0.3, -0.25) is 66.3 Å². The summed E-state index contributed by atoms with van der Waals surface area (Å²) in [6.45, 7) is -8.57. The van der Waals surface area contributed by atoms with E-state index in [1.54, 1.807) is 0 Å². The zero-order valence-electron chi connectivity index (χ0n) is 38.7. The van der Waals surface area contributed by atoms with Crippen LogP contribution in [0.25, 0.3) is 22.3 Å². The van der Waals surface area contributed by atoms with Crippen molar-refractivity contribution >= 4 is 95.4 Å². The summed E-state index contributed by atoms with van der Waals surface area (Å²) in [5, 5.41) is 16.9. The molecule has 8 rings (SSSR count). The number of hydrogen-bond donors (Lipinski definition) is 9. The molecule has 10 atom stereocenters. The molecular formula is C38H51N13O19P2S2. The third-order valence-electron chi connectivity index (χ3n) is 11.4. The van der Waals surface area contributed by atoms with Crippen molar-refractivity contribution in [1.29, 1.82) is 0 Å². The number of H-pyrrole nitrogens is 2. The second kappa shape index (κ2) is 24.3. The fourth-order valence-corrected chi connectivity index (χ4v) is 10.9. The third kappa shape index (κ3) is 13.5. The Morgan fingerprint density at radius 2 is 1.30 bits per heavy atom. The number of aromatic amines is 2. The molecule has 0 saturated carbocycles. The molecule has 4 aliphatic rings. The molecule has 0 bridgehead atoms. The number of aliphatic hydroxyl groups is 1. The molecule has 4 aromatic rings. The van der Waals surface area contributed by atoms with Crippen LogP contribution in [0.4, 0.5) is 11.9 Å². The van der Waals surface area contributed by atoms with Crippen molar-refractivity contribution in [1.82, 2.24) is 54.6 Å². The number of rotatable bonds is 21. The van der Waals surface area contributed by atoms with Crippen LogP contribution in [0.2, 0.25) is 0 Å². The average Bonchev–Trinajstić information content (AvgIpc) is 4.16. The number of hydrogen-bond acceptors (Lipinski definition) is 25. The zero-order valence-corrected chi connectivity index (χ0v) is 42.2. The standard InChI is InChI=1S/C38H51N13O19P2S2/c39-37-45-31-26(33(57)47-37)42-17-50(31)35-25(44-22(53)4-7-61-9-11-63-13-14-64-12-10-62-8-5-41-21(52)3-6-49-23(54)1-2-24(49)55)29-19(67-35)15-65-72(60,74)70-30-20(16-66-71(59,73)69-29)68-36(28(30)56)51-18-43-27-32(51)46-38(40)48-34(27)58/h1-2,17-20,25,28-30,35-36,56H,3-16H2,(H,41,52)(H,44,53)(H,59,73)(H,60,74)(H3,39,45,47,57)(H3,40,46,48,58)/t19-,20-,25-,28-,29-,30-,35-,36-,71?,72?/m1/s1. The van der Waals surface area contributed by atoms with E-state index >= 15 is 0 Å². The van der Waals surface area contributed by atoms with Gasteiger partial charge in [0.05, 0.1) is 78.7 Å². The highest BCUT2D eigenvalue weighted by Crippen LogP contribution is 2.58. The lowest BCUT2D eigenvalue weighted by molar-refractivity contribution is -0.137. The molecule has 10 N–H and O–H groups in total. The lowest BCUT2D eigenvalue weighted by Gasteiger charge is -2.30. The number of anilines is 2. The number of thiol groups is 1. The SMILES string of the molecule is Nc1nc2c(ncn2[C@@H]2O[C@@H]3COP(=O)(S)O[C@H]4[C@@H](NC(=O)CCOCCOCCOCCOCCNC(=O)CCN5C(=O)C=CC5=O)[C@H](n5cnc6c(=O)[nH]c(N)nc65)O[C@@H]4COP(O)(=S)O[C@H]3[C@H]2O)c(=O)[nH]1. The Bertz CT molecular complexity index is 2940. The molecular weight excluding hydrogens is 1070 g/mol. The van der Waals surface area contributed by atoms with Gasteiger partial charge in [-0.2, -0.15) is 9.97 Å². The van der Waals surface area contributed by atoms with E-state index in [1.165, 1.54) is 15.5 Å². The van der Waals surface area contributed by atoms with Crippen LogP contribution in [0.1, 0.15) is 25.3 Å². The van der Waals surface area contributed by atoms with Gasteiger partial charge in [0.25, 0.3) is 22.9 Å². The van der Waals surface area contributed by atoms with Gasteiger partial charge in [0, 0.05) is 38.1 Å². The predicted octanol–water partition coefficient (Wildman–Crippen LogP) is -2.98. The van der Waals surface area contributed by atoms with E-state index in [0.717, 1.165) is 23.4 Å². The third-order valence-corrected chi connectivity index (χ3v) is 14.5. The quantitative estimate of drug-likeness (QED) is 0.0174. The number of nitrogens with one attached hydrogen (secondary N) is 4. The van der Waals surface area contributed by atoms with Crippen LogP contribution in [0.3, 0.4) is 0 Å². The topological polar surface area (TPSA) is 425 Å². The summed E-state index contributed by atoms with van der Waals surface area (Å²) in [7, 11) is 0. The monoisotopic (exact) mass is 1120 g/mol. The number of aliphatic hydroxyl groups excluding tert-OH is 1. The van der Waals surface area contributed by atoms with Gasteiger partial charge >= 0.3 is 13.5 Å². The molecule has 0 spiro atoms. The number of nitrogens with zero attached hydrogens (tertiary/aromatic N) is 7. The first-order valence-electron chi connectivity index (χ1n) is 22.5. The Morgan fingerprint density at radius 1 is 0.770 bits per heavy atom. The lowest BCUT2D eigenvalue weighted by Crippen LogP contribution is -2.48. The van der Waals surface area contributed by atoms with Crippen LogP contribution in [0.15, 0.2) is 34.4 Å². The van der Waals surface area contributed by atoms with E-state index in [0.29, 0.717) is 0 Å². The smallest absolute Gasteiger partial charge is 0.386 e. The number of imidazole rings is 2. The Hall–Kier alpha value is -5.13. The normalized spacial score (nSPS) is 28.3. The van der Waals surface area contributed by atoms with E-state index in [1.807, 2.05) is 0 Å². The molecule has 4 aliphatic heterocycles. The predicted molar refractivity (Wildman–Crippen MR) is 257 cm³/mol. The Labute approximate surface area is 426 Å². The number of aromatic nitrogens is 8. The fourth-order valence-electron chi connectivity index (χ4n) is 7.97. The molecule has 404 valence electrons. The summed E-state index contributed by atoms with van der Waals surface area (Å²) in [6.07, 6.45) is -5.68. The molecule has 4 aromatic heterocycles. The second-order valence-electron chi connectivity index (χ2n) is 16.4. The van der Waals surface area contributed by atoms with Gasteiger partial charge in [-0.1, -0.05) is 12.2 Å². The maximum atomic E-state index is 14.1. The summed E-state index contributed by atoms with van der Waals surface area (Å²) < 4.78 is 74.3. The van der Waals surface area contributed by atoms with Crippen molar-refractivity contribution in [2.45, 2.75) is 61.9 Å². The second-order valence-corrected chi connectivity index (χ2v) is 22.1. The minimum atomic E-state index is -4.53. The number of amides is 4. The van der Waals surface area contributed by atoms with Crippen LogP contribution < -0.4 is 33.2 Å². The number of nitrogens with two attached hydrogens (primary N) is 2. The zero-order chi connectivity index (χ0) is 52.7. The molecule has 0 aliphatic carbocycles. The minimum absolute atomic E-state index is 0.00693. The Kier molecular flexibility index (Phi) is 18.1. The number of carbonyl (C=O) groups excluding carboxylic acids is 4. The number of ether oxygens (including phenoxy) is 6. The van der Waals surface area contributed by atoms with Gasteiger partial charge in [-0.25, -0.2) is 14.5 Å². The van der Waals surface area contributed by atoms with Gasteiger partial charge in [0.1, 0.15) is 36.6 Å². The first-order valence-corrected chi connectivity index (χ1v) is 27.8. The van der Waals surface area contributed by atoms with E-state index in [4.69, 9.17) is 69.8 Å². The molecule has 2 unspecified atom stereocenters. The molecule has 3 fully saturated rings. The van der Waals surface area contributed by atoms with E-state index in [-0.39, 0.29) is 119 Å². The Morgan fingerprint density at radius 3 is 1.91 bits per heavy atom. The highest BCUT2D eigenvalue weighted by molar-refractivity contribution is 8.44. The number of carbonyl (C=O) groups is 4. The summed E-state index contributed by atoms with van der Waals surface area (Å²) in [4.78, 5) is 107. The van der Waals surface area contributed by atoms with Crippen molar-refractivity contribution in [3.8, 4) is 0 Å². The number of nitrogen functional groups attached to an aromatic ring is 2. The average molecular weight is 1120 g/mol. The van der Waals surface area contributed by atoms with E-state index in [9.17, 15) is 43.3 Å². The van der Waals surface area contributed by atoms with Crippen molar-refractivity contribution in [3.05, 3.63) is 45.5 Å². The number of imide groups is 1. The molecule has 0 radical (unpaired) electrons. The van der Waals surface area contributed by atoms with E-state index in [2.05, 4.69) is 52.8 Å². The van der Waals surface area contributed by atoms with Gasteiger partial charge in [-0.05, 0) is 11.8 Å². The van der Waals surface area contributed by atoms with Crippen LogP contribution in [-0.2, 0) is 82.1 Å². The molecule has 8 heterocycles. The molecule has 4 amide bonds. The van der Waals surface area contributed by atoms with Crippen LogP contribution in [0.5, 0.6) is 0 Å². The number of fused-ring (bicyclic) bond motifs is 4. The van der Waals surface area contributed by atoms with Crippen molar-refractivity contribution in [2.75, 3.05) is 90.6 Å². The maximum absolute atomic E-state index is 14.1. The van der Waals surface area contributed by atoms with Crippen molar-refractivity contribution in [2.24, 2.45) is 0 Å².